The van der Waals surface area contributed by atoms with Gasteiger partial charge in [0, 0.05) is 12.1 Å². The van der Waals surface area contributed by atoms with Crippen molar-refractivity contribution in [1.82, 2.24) is 5.32 Å². The molecule has 0 saturated heterocycles. The maximum absolute atomic E-state index is 11.7. The van der Waals surface area contributed by atoms with E-state index in [-0.39, 0.29) is 23.9 Å². The van der Waals surface area contributed by atoms with E-state index in [4.69, 9.17) is 11.5 Å². The van der Waals surface area contributed by atoms with Crippen LogP contribution in [0.25, 0.3) is 0 Å². The van der Waals surface area contributed by atoms with Crippen molar-refractivity contribution in [2.75, 3.05) is 0 Å². The second-order valence-corrected chi connectivity index (χ2v) is 4.90. The van der Waals surface area contributed by atoms with Gasteiger partial charge in [-0.25, -0.2) is 0 Å². The van der Waals surface area contributed by atoms with Crippen molar-refractivity contribution < 1.29 is 4.79 Å². The van der Waals surface area contributed by atoms with Crippen molar-refractivity contribution in [3.8, 4) is 0 Å². The smallest absolute Gasteiger partial charge is 0.237 e. The summed E-state index contributed by atoms with van der Waals surface area (Å²) in [7, 11) is 0. The Kier molecular flexibility index (Phi) is 4.54. The van der Waals surface area contributed by atoms with Gasteiger partial charge in [-0.1, -0.05) is 13.8 Å². The van der Waals surface area contributed by atoms with E-state index in [2.05, 4.69) is 5.32 Å². The molecule has 0 spiro atoms. The fraction of sp³-hybridized carbons (Fsp3) is 0.909. The van der Waals surface area contributed by atoms with Crippen LogP contribution in [-0.2, 0) is 4.79 Å². The Labute approximate surface area is 91.8 Å². The van der Waals surface area contributed by atoms with Crippen LogP contribution >= 0.6 is 0 Å². The number of rotatable bonds is 3. The standard InChI is InChI=1S/C11H23N3O/c1-7(2)10(13)11(15)14-9-5-3-4-8(12)6-9/h7-10H,3-6,12-13H2,1-2H3,(H,14,15)/t8?,9?,10-/m0/s1. The summed E-state index contributed by atoms with van der Waals surface area (Å²) in [5.41, 5.74) is 11.6. The van der Waals surface area contributed by atoms with E-state index in [0.29, 0.717) is 0 Å². The zero-order chi connectivity index (χ0) is 11.4. The Balaban J connectivity index is 2.37. The van der Waals surface area contributed by atoms with Gasteiger partial charge in [0.2, 0.25) is 5.91 Å². The molecule has 0 radical (unpaired) electrons. The molecule has 0 heterocycles. The highest BCUT2D eigenvalue weighted by Gasteiger charge is 2.24. The van der Waals surface area contributed by atoms with E-state index in [0.717, 1.165) is 25.7 Å². The molecule has 1 amide bonds. The van der Waals surface area contributed by atoms with Crippen molar-refractivity contribution in [1.29, 1.82) is 0 Å². The number of nitrogens with one attached hydrogen (secondary N) is 1. The average Bonchev–Trinajstić information content (AvgIpc) is 2.16. The summed E-state index contributed by atoms with van der Waals surface area (Å²) in [6.45, 7) is 3.91. The lowest BCUT2D eigenvalue weighted by atomic mass is 9.91. The molecule has 2 unspecified atom stereocenters. The molecule has 1 fully saturated rings. The lowest BCUT2D eigenvalue weighted by molar-refractivity contribution is -0.124. The van der Waals surface area contributed by atoms with Gasteiger partial charge in [0.15, 0.2) is 0 Å². The molecule has 15 heavy (non-hydrogen) atoms. The molecule has 5 N–H and O–H groups in total. The number of hydrogen-bond acceptors (Lipinski definition) is 3. The molecule has 3 atom stereocenters. The van der Waals surface area contributed by atoms with E-state index in [1.165, 1.54) is 0 Å². The van der Waals surface area contributed by atoms with Crippen molar-refractivity contribution >= 4 is 5.91 Å². The molecule has 88 valence electrons. The maximum atomic E-state index is 11.7. The van der Waals surface area contributed by atoms with Crippen molar-refractivity contribution in [3.63, 3.8) is 0 Å². The molecule has 4 nitrogen and oxygen atoms in total. The van der Waals surface area contributed by atoms with Crippen LogP contribution in [0.15, 0.2) is 0 Å². The van der Waals surface area contributed by atoms with Gasteiger partial charge < -0.3 is 16.8 Å². The first-order chi connectivity index (χ1) is 7.00. The monoisotopic (exact) mass is 213 g/mol. The normalized spacial score (nSPS) is 28.9. The predicted molar refractivity (Wildman–Crippen MR) is 61.2 cm³/mol. The van der Waals surface area contributed by atoms with Gasteiger partial charge in [-0.05, 0) is 31.6 Å². The topological polar surface area (TPSA) is 81.1 Å². The zero-order valence-electron chi connectivity index (χ0n) is 9.70. The first kappa shape index (κ1) is 12.5. The molecule has 0 aliphatic heterocycles. The minimum absolute atomic E-state index is 0.0379. The highest BCUT2D eigenvalue weighted by atomic mass is 16.2. The first-order valence-corrected chi connectivity index (χ1v) is 5.82. The van der Waals surface area contributed by atoms with Crippen molar-refractivity contribution in [2.24, 2.45) is 17.4 Å². The van der Waals surface area contributed by atoms with Crippen molar-refractivity contribution in [2.45, 2.75) is 57.7 Å². The van der Waals surface area contributed by atoms with Gasteiger partial charge in [-0.2, -0.15) is 0 Å². The third kappa shape index (κ3) is 3.80. The number of nitrogens with two attached hydrogens (primary N) is 2. The molecular formula is C11H23N3O. The lowest BCUT2D eigenvalue weighted by Crippen LogP contribution is -2.50. The number of carbonyl (C=O) groups excluding carboxylic acids is 1. The van der Waals surface area contributed by atoms with Crippen LogP contribution in [0.4, 0.5) is 0 Å². The van der Waals surface area contributed by atoms with E-state index in [9.17, 15) is 4.79 Å². The van der Waals surface area contributed by atoms with Gasteiger partial charge in [0.1, 0.15) is 0 Å². The van der Waals surface area contributed by atoms with Gasteiger partial charge in [-0.3, -0.25) is 4.79 Å². The largest absolute Gasteiger partial charge is 0.352 e. The minimum Gasteiger partial charge on any atom is -0.352 e. The van der Waals surface area contributed by atoms with Crippen LogP contribution in [0.1, 0.15) is 39.5 Å². The average molecular weight is 213 g/mol. The van der Waals surface area contributed by atoms with Crippen LogP contribution in [0.5, 0.6) is 0 Å². The summed E-state index contributed by atoms with van der Waals surface area (Å²) in [5.74, 6) is 0.145. The van der Waals surface area contributed by atoms with E-state index in [1.807, 2.05) is 13.8 Å². The van der Waals surface area contributed by atoms with Crippen LogP contribution in [0, 0.1) is 5.92 Å². The van der Waals surface area contributed by atoms with Gasteiger partial charge in [-0.15, -0.1) is 0 Å². The first-order valence-electron chi connectivity index (χ1n) is 5.82. The Hall–Kier alpha value is -0.610. The maximum Gasteiger partial charge on any atom is 0.237 e. The molecule has 4 heteroatoms. The lowest BCUT2D eigenvalue weighted by Gasteiger charge is -2.28. The summed E-state index contributed by atoms with van der Waals surface area (Å²) >= 11 is 0. The molecule has 1 saturated carbocycles. The predicted octanol–water partition coefficient (Wildman–Crippen LogP) is 0.356. The van der Waals surface area contributed by atoms with E-state index >= 15 is 0 Å². The second kappa shape index (κ2) is 5.47. The molecule has 0 aromatic heterocycles. The Morgan fingerprint density at radius 1 is 1.40 bits per heavy atom. The Morgan fingerprint density at radius 3 is 2.60 bits per heavy atom. The molecule has 1 aliphatic carbocycles. The molecular weight excluding hydrogens is 190 g/mol. The third-order valence-electron chi connectivity index (χ3n) is 3.08. The summed E-state index contributed by atoms with van der Waals surface area (Å²) in [6.07, 6.45) is 4.09. The van der Waals surface area contributed by atoms with Crippen molar-refractivity contribution in [3.05, 3.63) is 0 Å². The quantitative estimate of drug-likeness (QED) is 0.633. The van der Waals surface area contributed by atoms with Crippen LogP contribution in [0.3, 0.4) is 0 Å². The van der Waals surface area contributed by atoms with Gasteiger partial charge >= 0.3 is 0 Å². The number of amides is 1. The molecule has 0 aromatic carbocycles. The molecule has 0 aromatic rings. The highest BCUT2D eigenvalue weighted by molar-refractivity contribution is 5.82. The third-order valence-corrected chi connectivity index (χ3v) is 3.08. The summed E-state index contributed by atoms with van der Waals surface area (Å²) in [6, 6.07) is 0.0634. The van der Waals surface area contributed by atoms with Gasteiger partial charge in [0.25, 0.3) is 0 Å². The second-order valence-electron chi connectivity index (χ2n) is 4.90. The molecule has 1 rings (SSSR count). The number of hydrogen-bond donors (Lipinski definition) is 3. The van der Waals surface area contributed by atoms with E-state index in [1.54, 1.807) is 0 Å². The summed E-state index contributed by atoms with van der Waals surface area (Å²) in [4.78, 5) is 11.7. The zero-order valence-corrected chi connectivity index (χ0v) is 9.70. The van der Waals surface area contributed by atoms with Crippen LogP contribution < -0.4 is 16.8 Å². The molecule has 1 aliphatic rings. The fourth-order valence-corrected chi connectivity index (χ4v) is 1.96. The highest BCUT2D eigenvalue weighted by Crippen LogP contribution is 2.17. The van der Waals surface area contributed by atoms with Gasteiger partial charge in [0.05, 0.1) is 6.04 Å². The SMILES string of the molecule is CC(C)[C@H](N)C(=O)NC1CCCC(N)C1. The van der Waals surface area contributed by atoms with E-state index < -0.39 is 6.04 Å². The Morgan fingerprint density at radius 2 is 2.07 bits per heavy atom. The van der Waals surface area contributed by atoms with Crippen LogP contribution in [0.2, 0.25) is 0 Å². The summed E-state index contributed by atoms with van der Waals surface area (Å²) < 4.78 is 0. The Bertz CT molecular complexity index is 218. The summed E-state index contributed by atoms with van der Waals surface area (Å²) in [5, 5.41) is 2.99. The minimum atomic E-state index is -0.400. The number of carbonyl (C=O) groups is 1. The molecule has 0 bridgehead atoms. The fourth-order valence-electron chi connectivity index (χ4n) is 1.96. The van der Waals surface area contributed by atoms with Crippen LogP contribution in [-0.4, -0.2) is 24.0 Å².